The van der Waals surface area contributed by atoms with E-state index in [4.69, 9.17) is 4.74 Å². The van der Waals surface area contributed by atoms with Gasteiger partial charge in [0.2, 0.25) is 5.91 Å². The number of carbonyl (C=O) groups excluding carboxylic acids is 1. The van der Waals surface area contributed by atoms with Gasteiger partial charge in [-0.05, 0) is 25.2 Å². The average molecular weight is 253 g/mol. The molecule has 1 aliphatic carbocycles. The smallest absolute Gasteiger partial charge is 0.220 e. The Morgan fingerprint density at radius 2 is 2.17 bits per heavy atom. The van der Waals surface area contributed by atoms with Gasteiger partial charge >= 0.3 is 0 Å². The van der Waals surface area contributed by atoms with Crippen LogP contribution in [0.1, 0.15) is 39.5 Å². The van der Waals surface area contributed by atoms with Crippen LogP contribution in [0.5, 0.6) is 0 Å². The van der Waals surface area contributed by atoms with Crippen molar-refractivity contribution in [3.63, 3.8) is 0 Å². The first-order chi connectivity index (χ1) is 8.63. The SMILES string of the molecule is C[C](C)CN1CCOC(CCC(=O)NC2CC2)C1. The van der Waals surface area contributed by atoms with Gasteiger partial charge in [-0.15, -0.1) is 0 Å². The number of nitrogens with zero attached hydrogens (tertiary/aromatic N) is 1. The van der Waals surface area contributed by atoms with Gasteiger partial charge in [-0.3, -0.25) is 9.69 Å². The third kappa shape index (κ3) is 4.94. The van der Waals surface area contributed by atoms with Crippen molar-refractivity contribution in [2.45, 2.75) is 51.7 Å². The Kier molecular flexibility index (Phi) is 5.01. The molecule has 4 nitrogen and oxygen atoms in total. The van der Waals surface area contributed by atoms with Gasteiger partial charge in [-0.25, -0.2) is 0 Å². The van der Waals surface area contributed by atoms with E-state index in [0.29, 0.717) is 12.5 Å². The van der Waals surface area contributed by atoms with Crippen molar-refractivity contribution in [2.75, 3.05) is 26.2 Å². The highest BCUT2D eigenvalue weighted by Crippen LogP contribution is 2.19. The molecule has 1 heterocycles. The van der Waals surface area contributed by atoms with E-state index in [-0.39, 0.29) is 12.0 Å². The lowest BCUT2D eigenvalue weighted by Crippen LogP contribution is -2.44. The molecule has 2 fully saturated rings. The van der Waals surface area contributed by atoms with Gasteiger partial charge < -0.3 is 10.1 Å². The minimum Gasteiger partial charge on any atom is -0.376 e. The van der Waals surface area contributed by atoms with E-state index in [9.17, 15) is 4.79 Å². The summed E-state index contributed by atoms with van der Waals surface area (Å²) in [5, 5.41) is 3.02. The van der Waals surface area contributed by atoms with E-state index in [1.807, 2.05) is 0 Å². The number of hydrogen-bond donors (Lipinski definition) is 1. The lowest BCUT2D eigenvalue weighted by atomic mass is 10.1. The number of nitrogens with one attached hydrogen (secondary N) is 1. The summed E-state index contributed by atoms with van der Waals surface area (Å²) in [7, 11) is 0. The molecule has 4 heteroatoms. The van der Waals surface area contributed by atoms with Gasteiger partial charge in [0.1, 0.15) is 0 Å². The quantitative estimate of drug-likeness (QED) is 0.777. The maximum absolute atomic E-state index is 11.6. The third-order valence-corrected chi connectivity index (χ3v) is 3.40. The Bertz CT molecular complexity index is 277. The second-order valence-corrected chi connectivity index (χ2v) is 5.82. The highest BCUT2D eigenvalue weighted by Gasteiger charge is 2.25. The Balaban J connectivity index is 1.63. The van der Waals surface area contributed by atoms with Crippen molar-refractivity contribution in [1.82, 2.24) is 10.2 Å². The van der Waals surface area contributed by atoms with Crippen LogP contribution in [-0.4, -0.2) is 49.2 Å². The molecule has 1 aliphatic heterocycles. The molecule has 0 spiro atoms. The van der Waals surface area contributed by atoms with Gasteiger partial charge in [0, 0.05) is 32.1 Å². The number of carbonyl (C=O) groups is 1. The van der Waals surface area contributed by atoms with Crippen LogP contribution >= 0.6 is 0 Å². The van der Waals surface area contributed by atoms with E-state index < -0.39 is 0 Å². The van der Waals surface area contributed by atoms with Gasteiger partial charge in [0.25, 0.3) is 0 Å². The van der Waals surface area contributed by atoms with Crippen LogP contribution in [-0.2, 0) is 9.53 Å². The summed E-state index contributed by atoms with van der Waals surface area (Å²) in [5.74, 6) is 1.62. The third-order valence-electron chi connectivity index (χ3n) is 3.40. The highest BCUT2D eigenvalue weighted by atomic mass is 16.5. The zero-order valence-electron chi connectivity index (χ0n) is 11.6. The number of rotatable bonds is 6. The molecule has 1 amide bonds. The molecule has 1 saturated carbocycles. The van der Waals surface area contributed by atoms with Crippen LogP contribution in [0.2, 0.25) is 0 Å². The fourth-order valence-electron chi connectivity index (χ4n) is 2.37. The lowest BCUT2D eigenvalue weighted by molar-refractivity contribution is -0.122. The van der Waals surface area contributed by atoms with Gasteiger partial charge in [-0.1, -0.05) is 13.8 Å². The predicted octanol–water partition coefficient (Wildman–Crippen LogP) is 1.36. The van der Waals surface area contributed by atoms with Crippen molar-refractivity contribution >= 4 is 5.91 Å². The molecular formula is C14H25N2O2. The second-order valence-electron chi connectivity index (χ2n) is 5.82. The fraction of sp³-hybridized carbons (Fsp3) is 0.857. The van der Waals surface area contributed by atoms with E-state index in [0.717, 1.165) is 45.5 Å². The van der Waals surface area contributed by atoms with E-state index >= 15 is 0 Å². The normalized spacial score (nSPS) is 25.4. The predicted molar refractivity (Wildman–Crippen MR) is 71.2 cm³/mol. The molecule has 0 aromatic carbocycles. The second kappa shape index (κ2) is 6.53. The Morgan fingerprint density at radius 3 is 2.83 bits per heavy atom. The van der Waals surface area contributed by atoms with Crippen LogP contribution in [0.3, 0.4) is 0 Å². The fourth-order valence-corrected chi connectivity index (χ4v) is 2.37. The summed E-state index contributed by atoms with van der Waals surface area (Å²) in [6.07, 6.45) is 3.99. The molecule has 1 saturated heterocycles. The zero-order chi connectivity index (χ0) is 13.0. The van der Waals surface area contributed by atoms with E-state index in [1.54, 1.807) is 0 Å². The van der Waals surface area contributed by atoms with Crippen molar-refractivity contribution < 1.29 is 9.53 Å². The van der Waals surface area contributed by atoms with Crippen LogP contribution < -0.4 is 5.32 Å². The number of hydrogen-bond acceptors (Lipinski definition) is 3. The molecule has 1 N–H and O–H groups in total. The van der Waals surface area contributed by atoms with Gasteiger partial charge in [0.05, 0.1) is 12.7 Å². The molecule has 2 aliphatic rings. The van der Waals surface area contributed by atoms with Crippen LogP contribution in [0.4, 0.5) is 0 Å². The van der Waals surface area contributed by atoms with Gasteiger partial charge in [-0.2, -0.15) is 0 Å². The first kappa shape index (κ1) is 13.8. The summed E-state index contributed by atoms with van der Waals surface area (Å²) in [6, 6.07) is 0.471. The molecule has 0 aromatic heterocycles. The van der Waals surface area contributed by atoms with E-state index in [2.05, 4.69) is 24.1 Å². The zero-order valence-corrected chi connectivity index (χ0v) is 11.6. The van der Waals surface area contributed by atoms with Crippen LogP contribution in [0.15, 0.2) is 0 Å². The first-order valence-electron chi connectivity index (χ1n) is 7.06. The largest absolute Gasteiger partial charge is 0.376 e. The molecule has 0 bridgehead atoms. The Labute approximate surface area is 110 Å². The van der Waals surface area contributed by atoms with Crippen molar-refractivity contribution in [3.8, 4) is 0 Å². The van der Waals surface area contributed by atoms with E-state index in [1.165, 1.54) is 5.92 Å². The van der Waals surface area contributed by atoms with Crippen LogP contribution in [0.25, 0.3) is 0 Å². The maximum Gasteiger partial charge on any atom is 0.220 e. The summed E-state index contributed by atoms with van der Waals surface area (Å²) in [6.45, 7) is 8.13. The monoisotopic (exact) mass is 253 g/mol. The Morgan fingerprint density at radius 1 is 1.39 bits per heavy atom. The molecule has 1 unspecified atom stereocenters. The molecule has 1 radical (unpaired) electrons. The van der Waals surface area contributed by atoms with Crippen molar-refractivity contribution in [2.24, 2.45) is 0 Å². The molecule has 18 heavy (non-hydrogen) atoms. The molecule has 103 valence electrons. The van der Waals surface area contributed by atoms with Crippen molar-refractivity contribution in [3.05, 3.63) is 5.92 Å². The summed E-state index contributed by atoms with van der Waals surface area (Å²) in [4.78, 5) is 14.0. The summed E-state index contributed by atoms with van der Waals surface area (Å²) in [5.41, 5.74) is 0. The molecule has 0 aromatic rings. The summed E-state index contributed by atoms with van der Waals surface area (Å²) < 4.78 is 5.73. The molecule has 1 atom stereocenters. The maximum atomic E-state index is 11.6. The average Bonchev–Trinajstić information content (AvgIpc) is 3.10. The molecule has 2 rings (SSSR count). The Hall–Kier alpha value is -0.610. The molecular weight excluding hydrogens is 228 g/mol. The number of ether oxygens (including phenoxy) is 1. The minimum atomic E-state index is 0.191. The lowest BCUT2D eigenvalue weighted by Gasteiger charge is -2.33. The number of amides is 1. The van der Waals surface area contributed by atoms with Crippen LogP contribution in [0, 0.1) is 5.92 Å². The standard InChI is InChI=1S/C14H25N2O2/c1-11(2)9-16-7-8-18-13(10-16)5-6-14(17)15-12-3-4-12/h12-13H,3-10H2,1-2H3,(H,15,17). The highest BCUT2D eigenvalue weighted by molar-refractivity contribution is 5.76. The first-order valence-corrected chi connectivity index (χ1v) is 7.06. The minimum absolute atomic E-state index is 0.191. The van der Waals surface area contributed by atoms with Gasteiger partial charge in [0.15, 0.2) is 0 Å². The topological polar surface area (TPSA) is 41.6 Å². The summed E-state index contributed by atoms with van der Waals surface area (Å²) >= 11 is 0. The number of morpholine rings is 1. The van der Waals surface area contributed by atoms with Crippen molar-refractivity contribution in [1.29, 1.82) is 0 Å².